The van der Waals surface area contributed by atoms with Gasteiger partial charge < -0.3 is 15.0 Å². The van der Waals surface area contributed by atoms with Gasteiger partial charge in [-0.25, -0.2) is 10.9 Å². The highest BCUT2D eigenvalue weighted by atomic mass is 16.5. The van der Waals surface area contributed by atoms with E-state index in [1.54, 1.807) is 7.11 Å². The third-order valence-corrected chi connectivity index (χ3v) is 6.52. The summed E-state index contributed by atoms with van der Waals surface area (Å²) in [5.74, 6) is 0.894. The Labute approximate surface area is 182 Å². The maximum Gasteiger partial charge on any atom is 0.251 e. The number of aromatic nitrogens is 1. The number of hydrazine groups is 1. The zero-order chi connectivity index (χ0) is 21.2. The van der Waals surface area contributed by atoms with Crippen LogP contribution in [0.5, 0.6) is 5.75 Å². The van der Waals surface area contributed by atoms with Gasteiger partial charge in [0.2, 0.25) is 0 Å². The van der Waals surface area contributed by atoms with Crippen molar-refractivity contribution in [2.75, 3.05) is 20.2 Å². The molecule has 0 saturated carbocycles. The van der Waals surface area contributed by atoms with Crippen LogP contribution in [0, 0.1) is 0 Å². The Hall–Kier alpha value is -2.87. The third kappa shape index (κ3) is 4.30. The van der Waals surface area contributed by atoms with Crippen LogP contribution in [0.4, 0.5) is 0 Å². The van der Waals surface area contributed by atoms with Gasteiger partial charge in [0.1, 0.15) is 5.75 Å². The largest absolute Gasteiger partial charge is 0.497 e. The van der Waals surface area contributed by atoms with Crippen molar-refractivity contribution in [2.45, 2.75) is 37.5 Å². The van der Waals surface area contributed by atoms with Gasteiger partial charge in [-0.05, 0) is 61.2 Å². The molecule has 4 N–H and O–H groups in total. The van der Waals surface area contributed by atoms with Gasteiger partial charge in [0, 0.05) is 47.8 Å². The summed E-state index contributed by atoms with van der Waals surface area (Å²) in [5, 5.41) is 4.29. The van der Waals surface area contributed by atoms with Gasteiger partial charge >= 0.3 is 0 Å². The molecule has 0 bridgehead atoms. The lowest BCUT2D eigenvalue weighted by Crippen LogP contribution is -2.51. The number of methoxy groups -OCH3 is 1. The molecule has 162 valence electrons. The molecule has 2 unspecified atom stereocenters. The zero-order valence-corrected chi connectivity index (χ0v) is 17.7. The number of nitrogens with zero attached hydrogens (tertiary/aromatic N) is 1. The zero-order valence-electron chi connectivity index (χ0n) is 17.7. The predicted octanol–water partition coefficient (Wildman–Crippen LogP) is 2.94. The monoisotopic (exact) mass is 419 g/mol. The Kier molecular flexibility index (Phi) is 5.63. The van der Waals surface area contributed by atoms with Gasteiger partial charge in [0.05, 0.1) is 13.3 Å². The fourth-order valence-corrected chi connectivity index (χ4v) is 4.65. The average Bonchev–Trinajstić information content (AvgIpc) is 3.49. The summed E-state index contributed by atoms with van der Waals surface area (Å²) in [6.45, 7) is 1.94. The number of aromatic amines is 1. The number of fused-ring (bicyclic) bond motifs is 1. The molecule has 2 atom stereocenters. The van der Waals surface area contributed by atoms with E-state index in [1.807, 2.05) is 42.6 Å². The molecule has 3 aromatic rings. The highest BCUT2D eigenvalue weighted by Crippen LogP contribution is 2.27. The number of nitrogens with one attached hydrogen (secondary N) is 4. The molecular formula is C24H29N5O2. The summed E-state index contributed by atoms with van der Waals surface area (Å²) in [7, 11) is 1.69. The van der Waals surface area contributed by atoms with Gasteiger partial charge in [0.15, 0.2) is 0 Å². The molecule has 7 nitrogen and oxygen atoms in total. The Balaban J connectivity index is 1.12. The summed E-state index contributed by atoms with van der Waals surface area (Å²) in [6.07, 6.45) is 5.14. The number of rotatable bonds is 5. The van der Waals surface area contributed by atoms with Crippen LogP contribution in [-0.2, 0) is 0 Å². The smallest absolute Gasteiger partial charge is 0.251 e. The first-order valence-electron chi connectivity index (χ1n) is 11.0. The quantitative estimate of drug-likeness (QED) is 0.511. The summed E-state index contributed by atoms with van der Waals surface area (Å²) >= 11 is 0. The fraction of sp³-hybridized carbons (Fsp3) is 0.375. The Morgan fingerprint density at radius 1 is 1.06 bits per heavy atom. The van der Waals surface area contributed by atoms with Crippen molar-refractivity contribution >= 4 is 16.8 Å². The van der Waals surface area contributed by atoms with E-state index in [0.717, 1.165) is 54.6 Å². The number of likely N-dealkylation sites (tertiary alicyclic amines) is 1. The lowest BCUT2D eigenvalue weighted by molar-refractivity contribution is 0.0880. The first-order valence-corrected chi connectivity index (χ1v) is 11.0. The van der Waals surface area contributed by atoms with E-state index in [0.29, 0.717) is 6.17 Å². The minimum atomic E-state index is 0.0155. The van der Waals surface area contributed by atoms with Crippen LogP contribution in [0.3, 0.4) is 0 Å². The van der Waals surface area contributed by atoms with Crippen LogP contribution in [0.15, 0.2) is 54.7 Å². The molecule has 2 aliphatic rings. The molecule has 2 saturated heterocycles. The van der Waals surface area contributed by atoms with Crippen molar-refractivity contribution in [1.82, 2.24) is 26.1 Å². The molecule has 2 aromatic carbocycles. The van der Waals surface area contributed by atoms with E-state index in [9.17, 15) is 4.79 Å². The third-order valence-electron chi connectivity index (χ3n) is 6.52. The van der Waals surface area contributed by atoms with E-state index in [2.05, 4.69) is 38.2 Å². The van der Waals surface area contributed by atoms with Crippen LogP contribution in [0.1, 0.15) is 41.2 Å². The highest BCUT2D eigenvalue weighted by Gasteiger charge is 2.32. The topological polar surface area (TPSA) is 81.4 Å². The molecule has 3 heterocycles. The Morgan fingerprint density at radius 2 is 1.87 bits per heavy atom. The van der Waals surface area contributed by atoms with E-state index in [1.165, 1.54) is 5.56 Å². The fourth-order valence-electron chi connectivity index (χ4n) is 4.65. The number of benzene rings is 2. The van der Waals surface area contributed by atoms with Crippen molar-refractivity contribution in [3.05, 3.63) is 65.9 Å². The number of ether oxygens (including phenoxy) is 1. The second-order valence-corrected chi connectivity index (χ2v) is 8.43. The molecule has 31 heavy (non-hydrogen) atoms. The van der Waals surface area contributed by atoms with Crippen molar-refractivity contribution in [3.8, 4) is 5.75 Å². The van der Waals surface area contributed by atoms with E-state index in [-0.39, 0.29) is 18.0 Å². The van der Waals surface area contributed by atoms with Gasteiger partial charge in [-0.1, -0.05) is 12.1 Å². The molecule has 0 spiro atoms. The normalized spacial score (nSPS) is 22.6. The van der Waals surface area contributed by atoms with E-state index in [4.69, 9.17) is 4.74 Å². The number of piperidine rings is 1. The van der Waals surface area contributed by atoms with E-state index >= 15 is 0 Å². The molecule has 0 aliphatic carbocycles. The Bertz CT molecular complexity index is 1040. The number of carbonyl (C=O) groups excluding carboxylic acids is 1. The molecular weight excluding hydrogens is 390 g/mol. The molecule has 0 radical (unpaired) electrons. The van der Waals surface area contributed by atoms with Crippen LogP contribution in [0.2, 0.25) is 0 Å². The molecule has 1 aromatic heterocycles. The molecule has 5 rings (SSSR count). The number of amides is 1. The van der Waals surface area contributed by atoms with Crippen molar-refractivity contribution < 1.29 is 9.53 Å². The standard InChI is InChI=1S/C24H29N5O2/c1-31-20-5-2-16(3-6-20)22-15-23(28-27-22)29-12-9-19(10-13-29)26-24(30)18-4-7-21-17(14-18)8-11-25-21/h2-8,11,14,19,22-23,25,27-28H,9-10,12-13,15H2,1H3,(H,26,30). The van der Waals surface area contributed by atoms with Crippen LogP contribution in [0.25, 0.3) is 10.9 Å². The van der Waals surface area contributed by atoms with Crippen LogP contribution in [-0.4, -0.2) is 48.2 Å². The second kappa shape index (κ2) is 8.70. The van der Waals surface area contributed by atoms with Gasteiger partial charge in [-0.2, -0.15) is 0 Å². The summed E-state index contributed by atoms with van der Waals surface area (Å²) in [4.78, 5) is 18.3. The maximum absolute atomic E-state index is 12.7. The second-order valence-electron chi connectivity index (χ2n) is 8.43. The SMILES string of the molecule is COc1ccc(C2CC(N3CCC(NC(=O)c4ccc5[nH]ccc5c4)CC3)NN2)cc1. The average molecular weight is 420 g/mol. The van der Waals surface area contributed by atoms with Gasteiger partial charge in [-0.3, -0.25) is 9.69 Å². The summed E-state index contributed by atoms with van der Waals surface area (Å²) < 4.78 is 5.25. The minimum Gasteiger partial charge on any atom is -0.497 e. The van der Waals surface area contributed by atoms with Crippen molar-refractivity contribution in [2.24, 2.45) is 0 Å². The number of carbonyl (C=O) groups is 1. The first-order chi connectivity index (χ1) is 15.2. The van der Waals surface area contributed by atoms with Crippen LogP contribution >= 0.6 is 0 Å². The first kappa shape index (κ1) is 20.1. The van der Waals surface area contributed by atoms with E-state index < -0.39 is 0 Å². The minimum absolute atomic E-state index is 0.0155. The number of hydrogen-bond donors (Lipinski definition) is 4. The lowest BCUT2D eigenvalue weighted by atomic mass is 10.0. The predicted molar refractivity (Wildman–Crippen MR) is 121 cm³/mol. The molecule has 7 heteroatoms. The molecule has 2 aliphatic heterocycles. The van der Waals surface area contributed by atoms with Crippen LogP contribution < -0.4 is 20.9 Å². The maximum atomic E-state index is 12.7. The summed E-state index contributed by atoms with van der Waals surface area (Å²) in [5.41, 5.74) is 9.92. The van der Waals surface area contributed by atoms with Gasteiger partial charge in [-0.15, -0.1) is 0 Å². The number of hydrogen-bond acceptors (Lipinski definition) is 5. The van der Waals surface area contributed by atoms with Crippen molar-refractivity contribution in [1.29, 1.82) is 0 Å². The summed E-state index contributed by atoms with van der Waals surface area (Å²) in [6, 6.07) is 16.5. The number of H-pyrrole nitrogens is 1. The molecule has 1 amide bonds. The van der Waals surface area contributed by atoms with Gasteiger partial charge in [0.25, 0.3) is 5.91 Å². The van der Waals surface area contributed by atoms with Crippen molar-refractivity contribution in [3.63, 3.8) is 0 Å². The Morgan fingerprint density at radius 3 is 2.65 bits per heavy atom. The highest BCUT2D eigenvalue weighted by molar-refractivity contribution is 5.98. The molecule has 2 fully saturated rings. The lowest BCUT2D eigenvalue weighted by Gasteiger charge is -2.35.